The van der Waals surface area contributed by atoms with Crippen LogP contribution in [-0.4, -0.2) is 0 Å². The first-order chi connectivity index (χ1) is 6.36. The lowest BCUT2D eigenvalue weighted by Crippen LogP contribution is -2.31. The quantitative estimate of drug-likeness (QED) is 0.552. The van der Waals surface area contributed by atoms with E-state index >= 15 is 0 Å². The van der Waals surface area contributed by atoms with Crippen LogP contribution in [0, 0.1) is 6.92 Å². The molecule has 64 valence electrons. The third kappa shape index (κ3) is 0.800. The third-order valence-corrected chi connectivity index (χ3v) is 2.57. The first-order valence-electron chi connectivity index (χ1n) is 4.41. The summed E-state index contributed by atoms with van der Waals surface area (Å²) in [5.74, 6) is 1.00. The second-order valence-corrected chi connectivity index (χ2v) is 3.39. The minimum atomic E-state index is 0.649. The van der Waals surface area contributed by atoms with Crippen LogP contribution in [0.5, 0.6) is 5.75 Å². The highest BCUT2D eigenvalue weighted by molar-refractivity contribution is 5.84. The van der Waals surface area contributed by atoms with Gasteiger partial charge in [-0.1, -0.05) is 6.07 Å². The molecular formula is C11H10NO+. The molecule has 1 aliphatic rings. The molecule has 0 atom stereocenters. The lowest BCUT2D eigenvalue weighted by Gasteiger charge is -1.95. The lowest BCUT2D eigenvalue weighted by molar-refractivity contribution is -0.688. The number of rotatable bonds is 0. The SMILES string of the molecule is Cc1cc[n+]2c3c(cccc13)OC2. The predicted octanol–water partition coefficient (Wildman–Crippen LogP) is 1.79. The zero-order chi connectivity index (χ0) is 8.84. The summed E-state index contributed by atoms with van der Waals surface area (Å²) in [5.41, 5.74) is 2.53. The number of hydrogen-bond acceptors (Lipinski definition) is 1. The second-order valence-electron chi connectivity index (χ2n) is 3.39. The molecule has 0 aliphatic carbocycles. The summed E-state index contributed by atoms with van der Waals surface area (Å²) in [6.45, 7) is 2.78. The van der Waals surface area contributed by atoms with Crippen molar-refractivity contribution in [1.82, 2.24) is 0 Å². The summed E-state index contributed by atoms with van der Waals surface area (Å²) < 4.78 is 7.67. The van der Waals surface area contributed by atoms with Crippen molar-refractivity contribution in [3.63, 3.8) is 0 Å². The molecular weight excluding hydrogens is 162 g/mol. The van der Waals surface area contributed by atoms with Gasteiger partial charge in [0.15, 0.2) is 11.9 Å². The Labute approximate surface area is 76.4 Å². The van der Waals surface area contributed by atoms with Crippen LogP contribution in [0.1, 0.15) is 5.56 Å². The maximum absolute atomic E-state index is 5.53. The van der Waals surface area contributed by atoms with E-state index in [0.29, 0.717) is 6.73 Å². The van der Waals surface area contributed by atoms with Gasteiger partial charge in [0.25, 0.3) is 12.2 Å². The highest BCUT2D eigenvalue weighted by Crippen LogP contribution is 2.27. The summed E-state index contributed by atoms with van der Waals surface area (Å²) in [4.78, 5) is 0. The van der Waals surface area contributed by atoms with Crippen molar-refractivity contribution < 1.29 is 9.30 Å². The monoisotopic (exact) mass is 172 g/mol. The van der Waals surface area contributed by atoms with Gasteiger partial charge in [0.2, 0.25) is 0 Å². The maximum Gasteiger partial charge on any atom is 0.293 e. The fourth-order valence-electron chi connectivity index (χ4n) is 1.87. The van der Waals surface area contributed by atoms with E-state index in [1.165, 1.54) is 16.5 Å². The van der Waals surface area contributed by atoms with Gasteiger partial charge in [-0.2, -0.15) is 4.57 Å². The number of pyridine rings is 1. The first kappa shape index (κ1) is 6.89. The molecule has 0 unspecified atom stereocenters. The summed E-state index contributed by atoms with van der Waals surface area (Å²) in [6.07, 6.45) is 2.08. The van der Waals surface area contributed by atoms with Gasteiger partial charge in [0, 0.05) is 6.07 Å². The Kier molecular flexibility index (Phi) is 1.18. The number of ether oxygens (including phenoxy) is 1. The molecule has 0 saturated carbocycles. The van der Waals surface area contributed by atoms with E-state index in [1.54, 1.807) is 0 Å². The molecule has 1 aliphatic heterocycles. The molecule has 0 bridgehead atoms. The summed E-state index contributed by atoms with van der Waals surface area (Å²) in [6, 6.07) is 8.33. The molecule has 0 radical (unpaired) electrons. The van der Waals surface area contributed by atoms with E-state index in [4.69, 9.17) is 4.74 Å². The van der Waals surface area contributed by atoms with Gasteiger partial charge in [0.05, 0.1) is 5.39 Å². The minimum absolute atomic E-state index is 0.649. The Bertz CT molecular complexity index is 480. The van der Waals surface area contributed by atoms with Crippen molar-refractivity contribution in [3.8, 4) is 5.75 Å². The molecule has 0 fully saturated rings. The van der Waals surface area contributed by atoms with Crippen LogP contribution in [0.2, 0.25) is 0 Å². The maximum atomic E-state index is 5.53. The van der Waals surface area contributed by atoms with Crippen molar-refractivity contribution in [2.45, 2.75) is 13.7 Å². The van der Waals surface area contributed by atoms with Crippen LogP contribution in [0.4, 0.5) is 0 Å². The normalized spacial score (nSPS) is 13.3. The van der Waals surface area contributed by atoms with E-state index in [2.05, 4.69) is 29.8 Å². The Hall–Kier alpha value is -1.57. The molecule has 0 saturated heterocycles. The largest absolute Gasteiger partial charge is 0.429 e. The number of nitrogens with zero attached hydrogens (tertiary/aromatic N) is 1. The summed E-state index contributed by atoms with van der Waals surface area (Å²) >= 11 is 0. The molecule has 2 nitrogen and oxygen atoms in total. The van der Waals surface area contributed by atoms with Crippen LogP contribution in [0.25, 0.3) is 10.9 Å². The number of aryl methyl sites for hydroxylation is 1. The third-order valence-electron chi connectivity index (χ3n) is 2.57. The van der Waals surface area contributed by atoms with E-state index < -0.39 is 0 Å². The molecule has 1 aromatic heterocycles. The Balaban J connectivity index is 2.58. The van der Waals surface area contributed by atoms with Gasteiger partial charge in [-0.3, -0.25) is 0 Å². The topological polar surface area (TPSA) is 13.1 Å². The summed E-state index contributed by atoms with van der Waals surface area (Å²) in [5, 5.41) is 1.29. The van der Waals surface area contributed by atoms with Gasteiger partial charge < -0.3 is 4.74 Å². The van der Waals surface area contributed by atoms with Gasteiger partial charge >= 0.3 is 0 Å². The Morgan fingerprint density at radius 3 is 3.15 bits per heavy atom. The van der Waals surface area contributed by atoms with Crippen molar-refractivity contribution in [2.24, 2.45) is 0 Å². The zero-order valence-corrected chi connectivity index (χ0v) is 7.45. The van der Waals surface area contributed by atoms with Crippen LogP contribution < -0.4 is 9.30 Å². The average Bonchev–Trinajstić information content (AvgIpc) is 2.57. The van der Waals surface area contributed by atoms with E-state index in [9.17, 15) is 0 Å². The van der Waals surface area contributed by atoms with Gasteiger partial charge in [-0.05, 0) is 24.6 Å². The standard InChI is InChI=1S/C11H10NO/c1-8-5-6-12-7-13-10-4-2-3-9(8)11(10)12/h2-6H,7H2,1H3/q+1. The molecule has 2 heterocycles. The van der Waals surface area contributed by atoms with Gasteiger partial charge in [-0.25, -0.2) is 0 Å². The van der Waals surface area contributed by atoms with Crippen molar-refractivity contribution in [1.29, 1.82) is 0 Å². The molecule has 0 N–H and O–H groups in total. The molecule has 13 heavy (non-hydrogen) atoms. The van der Waals surface area contributed by atoms with E-state index in [-0.39, 0.29) is 0 Å². The molecule has 3 rings (SSSR count). The van der Waals surface area contributed by atoms with Crippen LogP contribution in [0.15, 0.2) is 30.5 Å². The van der Waals surface area contributed by atoms with Crippen LogP contribution in [-0.2, 0) is 6.73 Å². The van der Waals surface area contributed by atoms with Crippen molar-refractivity contribution in [3.05, 3.63) is 36.0 Å². The highest BCUT2D eigenvalue weighted by atomic mass is 16.5. The second kappa shape index (κ2) is 2.22. The van der Waals surface area contributed by atoms with Crippen LogP contribution >= 0.6 is 0 Å². The molecule has 2 aromatic rings. The summed E-state index contributed by atoms with van der Waals surface area (Å²) in [7, 11) is 0. The van der Waals surface area contributed by atoms with Crippen molar-refractivity contribution >= 4 is 10.9 Å². The van der Waals surface area contributed by atoms with E-state index in [0.717, 1.165) is 5.75 Å². The minimum Gasteiger partial charge on any atom is -0.429 e. The van der Waals surface area contributed by atoms with Gasteiger partial charge in [0.1, 0.15) is 0 Å². The molecule has 2 heteroatoms. The van der Waals surface area contributed by atoms with Crippen LogP contribution in [0.3, 0.4) is 0 Å². The fraction of sp³-hybridized carbons (Fsp3) is 0.182. The van der Waals surface area contributed by atoms with E-state index in [1.807, 2.05) is 12.1 Å². The lowest BCUT2D eigenvalue weighted by atomic mass is 10.1. The number of aromatic nitrogens is 1. The Morgan fingerprint density at radius 1 is 1.31 bits per heavy atom. The highest BCUT2D eigenvalue weighted by Gasteiger charge is 2.22. The number of benzene rings is 1. The zero-order valence-electron chi connectivity index (χ0n) is 7.45. The number of para-hydroxylation sites is 1. The first-order valence-corrected chi connectivity index (χ1v) is 4.41. The smallest absolute Gasteiger partial charge is 0.293 e. The predicted molar refractivity (Wildman–Crippen MR) is 49.5 cm³/mol. The molecule has 1 aromatic carbocycles. The molecule has 0 spiro atoms. The number of hydrogen-bond donors (Lipinski definition) is 0. The Morgan fingerprint density at radius 2 is 2.23 bits per heavy atom. The van der Waals surface area contributed by atoms with Gasteiger partial charge in [-0.15, -0.1) is 0 Å². The molecule has 0 amide bonds. The van der Waals surface area contributed by atoms with Crippen molar-refractivity contribution in [2.75, 3.05) is 0 Å². The fourth-order valence-corrected chi connectivity index (χ4v) is 1.87. The average molecular weight is 172 g/mol.